The summed E-state index contributed by atoms with van der Waals surface area (Å²) in [6.45, 7) is 2.11. The number of fused-ring (bicyclic) bond motifs is 1. The molecule has 2 aromatic heterocycles. The average molecular weight is 293 g/mol. The van der Waals surface area contributed by atoms with Gasteiger partial charge >= 0.3 is 0 Å². The smallest absolute Gasteiger partial charge is 0.182 e. The number of nitrogens with two attached hydrogens (primary N) is 1. The van der Waals surface area contributed by atoms with Crippen LogP contribution in [0.1, 0.15) is 18.0 Å². The number of nitrogen functional groups attached to an aromatic ring is 1. The van der Waals surface area contributed by atoms with E-state index >= 15 is 0 Å². The topological polar surface area (TPSA) is 63.8 Å². The van der Waals surface area contributed by atoms with Gasteiger partial charge in [0.05, 0.1) is 4.70 Å². The maximum Gasteiger partial charge on any atom is 0.182 e. The molecule has 7 heteroatoms. The van der Waals surface area contributed by atoms with Gasteiger partial charge in [-0.1, -0.05) is 11.3 Å². The monoisotopic (exact) mass is 292 g/mol. The molecule has 1 aliphatic rings. The molecule has 0 bridgehead atoms. The lowest BCUT2D eigenvalue weighted by molar-refractivity contribution is 0.738. The summed E-state index contributed by atoms with van der Waals surface area (Å²) in [5.74, 6) is 0.539. The lowest BCUT2D eigenvalue weighted by Gasteiger charge is -2.06. The standard InChI is InChI=1S/C10H12N4S.2ClH/c11-10-14-9-8(15-10)2-1-7(13-9)6-3-4-12-5-6;;/h1-2,6,12H,3-5H2,(H2,11,13,14);2*1H. The molecule has 3 N–H and O–H groups in total. The third-order valence-corrected chi connectivity index (χ3v) is 3.61. The zero-order chi connectivity index (χ0) is 10.3. The van der Waals surface area contributed by atoms with Crippen molar-refractivity contribution in [3.8, 4) is 0 Å². The summed E-state index contributed by atoms with van der Waals surface area (Å²) in [7, 11) is 0. The van der Waals surface area contributed by atoms with Crippen molar-refractivity contribution < 1.29 is 0 Å². The van der Waals surface area contributed by atoms with E-state index in [0.29, 0.717) is 11.0 Å². The van der Waals surface area contributed by atoms with E-state index in [9.17, 15) is 0 Å². The molecule has 2 aromatic rings. The molecule has 0 aromatic carbocycles. The van der Waals surface area contributed by atoms with Crippen molar-refractivity contribution >= 4 is 51.6 Å². The van der Waals surface area contributed by atoms with Crippen LogP contribution in [0.3, 0.4) is 0 Å². The van der Waals surface area contributed by atoms with Gasteiger partial charge in [-0.2, -0.15) is 0 Å². The molecule has 3 heterocycles. The Morgan fingerprint density at radius 2 is 2.12 bits per heavy atom. The zero-order valence-electron chi connectivity index (χ0n) is 9.05. The first-order valence-corrected chi connectivity index (χ1v) is 5.88. The highest BCUT2D eigenvalue weighted by atomic mass is 35.5. The van der Waals surface area contributed by atoms with Crippen LogP contribution < -0.4 is 11.1 Å². The van der Waals surface area contributed by atoms with Crippen LogP contribution in [-0.4, -0.2) is 23.1 Å². The van der Waals surface area contributed by atoms with Gasteiger partial charge in [0.2, 0.25) is 0 Å². The highest BCUT2D eigenvalue weighted by Gasteiger charge is 2.18. The molecular formula is C10H14Cl2N4S. The minimum absolute atomic E-state index is 0. The van der Waals surface area contributed by atoms with Crippen LogP contribution in [0, 0.1) is 0 Å². The van der Waals surface area contributed by atoms with E-state index in [1.807, 2.05) is 0 Å². The number of pyridine rings is 1. The summed E-state index contributed by atoms with van der Waals surface area (Å²) < 4.78 is 1.07. The first-order valence-electron chi connectivity index (χ1n) is 5.06. The van der Waals surface area contributed by atoms with Crippen LogP contribution in [0.15, 0.2) is 12.1 Å². The number of hydrogen-bond donors (Lipinski definition) is 2. The summed E-state index contributed by atoms with van der Waals surface area (Å²) in [5.41, 5.74) is 7.58. The van der Waals surface area contributed by atoms with Gasteiger partial charge in [0.1, 0.15) is 0 Å². The third kappa shape index (κ3) is 2.80. The Kier molecular flexibility index (Phi) is 4.94. The predicted molar refractivity (Wildman–Crippen MR) is 76.6 cm³/mol. The van der Waals surface area contributed by atoms with E-state index < -0.39 is 0 Å². The number of hydrogen-bond acceptors (Lipinski definition) is 5. The first-order chi connectivity index (χ1) is 7.33. The number of halogens is 2. The molecule has 3 rings (SSSR count). The maximum atomic E-state index is 5.65. The van der Waals surface area contributed by atoms with E-state index in [1.165, 1.54) is 11.3 Å². The Morgan fingerprint density at radius 1 is 1.29 bits per heavy atom. The Bertz CT molecular complexity index is 496. The van der Waals surface area contributed by atoms with Crippen LogP contribution in [0.2, 0.25) is 0 Å². The largest absolute Gasteiger partial charge is 0.375 e. The molecule has 1 atom stereocenters. The molecule has 0 saturated carbocycles. The number of rotatable bonds is 1. The highest BCUT2D eigenvalue weighted by Crippen LogP contribution is 2.26. The van der Waals surface area contributed by atoms with Crippen molar-refractivity contribution in [3.05, 3.63) is 17.8 Å². The van der Waals surface area contributed by atoms with Gasteiger partial charge < -0.3 is 11.1 Å². The molecule has 1 saturated heterocycles. The lowest BCUT2D eigenvalue weighted by Crippen LogP contribution is -2.08. The summed E-state index contributed by atoms with van der Waals surface area (Å²) >= 11 is 1.49. The normalized spacial score (nSPS) is 18.7. The van der Waals surface area contributed by atoms with Crippen molar-refractivity contribution in [1.82, 2.24) is 15.3 Å². The fraction of sp³-hybridized carbons (Fsp3) is 0.400. The van der Waals surface area contributed by atoms with Crippen molar-refractivity contribution in [1.29, 1.82) is 0 Å². The van der Waals surface area contributed by atoms with Crippen LogP contribution in [-0.2, 0) is 0 Å². The minimum atomic E-state index is 0. The molecule has 94 valence electrons. The van der Waals surface area contributed by atoms with Gasteiger partial charge in [0, 0.05) is 18.2 Å². The highest BCUT2D eigenvalue weighted by molar-refractivity contribution is 7.21. The van der Waals surface area contributed by atoms with Gasteiger partial charge in [-0.05, 0) is 25.1 Å². The number of aromatic nitrogens is 2. The molecule has 1 fully saturated rings. The fourth-order valence-corrected chi connectivity index (χ4v) is 2.66. The van der Waals surface area contributed by atoms with E-state index in [2.05, 4.69) is 27.4 Å². The third-order valence-electron chi connectivity index (χ3n) is 2.77. The summed E-state index contributed by atoms with van der Waals surface area (Å²) in [4.78, 5) is 8.77. The molecule has 0 amide bonds. The predicted octanol–water partition coefficient (Wildman–Crippen LogP) is 2.19. The second-order valence-corrected chi connectivity index (χ2v) is 4.86. The second kappa shape index (κ2) is 5.82. The molecule has 4 nitrogen and oxygen atoms in total. The number of nitrogens with one attached hydrogen (secondary N) is 1. The Labute approximate surface area is 116 Å². The van der Waals surface area contributed by atoms with E-state index in [4.69, 9.17) is 5.73 Å². The van der Waals surface area contributed by atoms with Crippen LogP contribution in [0.5, 0.6) is 0 Å². The summed E-state index contributed by atoms with van der Waals surface area (Å²) in [6, 6.07) is 4.17. The number of thiazole rings is 1. The van der Waals surface area contributed by atoms with Gasteiger partial charge in [0.25, 0.3) is 0 Å². The van der Waals surface area contributed by atoms with Gasteiger partial charge in [-0.3, -0.25) is 0 Å². The SMILES string of the molecule is Cl.Cl.Nc1nc2nc(C3CCNC3)ccc2s1. The maximum absolute atomic E-state index is 5.65. The fourth-order valence-electron chi connectivity index (χ4n) is 1.98. The number of anilines is 1. The Morgan fingerprint density at radius 3 is 2.82 bits per heavy atom. The van der Waals surface area contributed by atoms with Crippen LogP contribution >= 0.6 is 36.2 Å². The molecule has 1 unspecified atom stereocenters. The first kappa shape index (κ1) is 14.4. The van der Waals surface area contributed by atoms with Crippen LogP contribution in [0.25, 0.3) is 10.3 Å². The molecule has 0 aliphatic carbocycles. The Balaban J connectivity index is 0.000000722. The second-order valence-electron chi connectivity index (χ2n) is 3.80. The molecule has 17 heavy (non-hydrogen) atoms. The van der Waals surface area contributed by atoms with E-state index in [1.54, 1.807) is 0 Å². The zero-order valence-corrected chi connectivity index (χ0v) is 11.5. The lowest BCUT2D eigenvalue weighted by atomic mass is 10.0. The van der Waals surface area contributed by atoms with Crippen molar-refractivity contribution in [3.63, 3.8) is 0 Å². The molecule has 0 radical (unpaired) electrons. The number of nitrogens with zero attached hydrogens (tertiary/aromatic N) is 2. The van der Waals surface area contributed by atoms with E-state index in [0.717, 1.165) is 35.6 Å². The summed E-state index contributed by atoms with van der Waals surface area (Å²) in [6.07, 6.45) is 1.16. The molecule has 0 spiro atoms. The van der Waals surface area contributed by atoms with Crippen molar-refractivity contribution in [2.75, 3.05) is 18.8 Å². The average Bonchev–Trinajstić information content (AvgIpc) is 2.82. The van der Waals surface area contributed by atoms with E-state index in [-0.39, 0.29) is 24.8 Å². The quantitative estimate of drug-likeness (QED) is 0.846. The van der Waals surface area contributed by atoms with Gasteiger partial charge in [-0.25, -0.2) is 9.97 Å². The van der Waals surface area contributed by atoms with Gasteiger partial charge in [-0.15, -0.1) is 24.8 Å². The van der Waals surface area contributed by atoms with Crippen LogP contribution in [0.4, 0.5) is 5.13 Å². The minimum Gasteiger partial charge on any atom is -0.375 e. The summed E-state index contributed by atoms with van der Waals surface area (Å²) in [5, 5.41) is 3.94. The van der Waals surface area contributed by atoms with Gasteiger partial charge in [0.15, 0.2) is 10.8 Å². The Hall–Kier alpha value is -0.620. The molecular weight excluding hydrogens is 279 g/mol. The van der Waals surface area contributed by atoms with Crippen molar-refractivity contribution in [2.45, 2.75) is 12.3 Å². The molecule has 1 aliphatic heterocycles. The van der Waals surface area contributed by atoms with Crippen molar-refractivity contribution in [2.24, 2.45) is 0 Å².